The Bertz CT molecular complexity index is 381. The van der Waals surface area contributed by atoms with Crippen molar-refractivity contribution in [3.05, 3.63) is 29.6 Å². The third-order valence-electron chi connectivity index (χ3n) is 3.17. The summed E-state index contributed by atoms with van der Waals surface area (Å²) < 4.78 is 19.1. The fourth-order valence-electron chi connectivity index (χ4n) is 1.76. The maximum atomic E-state index is 13.0. The molecule has 102 valence electrons. The Balaban J connectivity index is 2.71. The minimum absolute atomic E-state index is 0.220. The second-order valence-corrected chi connectivity index (χ2v) is 4.99. The van der Waals surface area contributed by atoms with Crippen LogP contribution in [0.15, 0.2) is 18.2 Å². The van der Waals surface area contributed by atoms with Crippen LogP contribution < -0.4 is 10.1 Å². The highest BCUT2D eigenvalue weighted by molar-refractivity contribution is 5.33. The van der Waals surface area contributed by atoms with Crippen LogP contribution in [0, 0.1) is 12.7 Å². The lowest BCUT2D eigenvalue weighted by Gasteiger charge is -2.30. The quantitative estimate of drug-likeness (QED) is 0.748. The molecule has 0 saturated heterocycles. The van der Waals surface area contributed by atoms with Crippen molar-refractivity contribution in [2.75, 3.05) is 13.1 Å². The first kappa shape index (κ1) is 15.0. The van der Waals surface area contributed by atoms with Crippen LogP contribution in [0.5, 0.6) is 5.75 Å². The summed E-state index contributed by atoms with van der Waals surface area (Å²) >= 11 is 0. The number of hydrogen-bond acceptors (Lipinski definition) is 2. The van der Waals surface area contributed by atoms with Gasteiger partial charge in [0, 0.05) is 6.54 Å². The van der Waals surface area contributed by atoms with Crippen molar-refractivity contribution in [3.63, 3.8) is 0 Å². The molecule has 0 saturated carbocycles. The summed E-state index contributed by atoms with van der Waals surface area (Å²) in [4.78, 5) is 0. The maximum absolute atomic E-state index is 13.0. The molecule has 0 aromatic heterocycles. The molecular weight excluding hydrogens is 229 g/mol. The standard InChI is InChI=1S/C15H24FNO/c1-5-9-17-11-15(4,6-2)18-14-8-7-13(16)10-12(14)3/h7-8,10,17H,5-6,9,11H2,1-4H3. The smallest absolute Gasteiger partial charge is 0.123 e. The summed E-state index contributed by atoms with van der Waals surface area (Å²) in [6, 6.07) is 4.65. The van der Waals surface area contributed by atoms with E-state index in [9.17, 15) is 4.39 Å². The van der Waals surface area contributed by atoms with Gasteiger partial charge < -0.3 is 10.1 Å². The second kappa shape index (κ2) is 6.74. The molecule has 1 rings (SSSR count). The molecule has 18 heavy (non-hydrogen) atoms. The van der Waals surface area contributed by atoms with Crippen molar-refractivity contribution in [3.8, 4) is 5.75 Å². The van der Waals surface area contributed by atoms with E-state index < -0.39 is 0 Å². The van der Waals surface area contributed by atoms with Crippen LogP contribution in [0.3, 0.4) is 0 Å². The van der Waals surface area contributed by atoms with Gasteiger partial charge in [0.1, 0.15) is 17.2 Å². The van der Waals surface area contributed by atoms with Crippen molar-refractivity contribution in [1.29, 1.82) is 0 Å². The number of hydrogen-bond donors (Lipinski definition) is 1. The van der Waals surface area contributed by atoms with Gasteiger partial charge in [0.2, 0.25) is 0 Å². The van der Waals surface area contributed by atoms with Gasteiger partial charge in [0.05, 0.1) is 0 Å². The monoisotopic (exact) mass is 253 g/mol. The van der Waals surface area contributed by atoms with E-state index >= 15 is 0 Å². The minimum atomic E-state index is -0.252. The predicted molar refractivity (Wildman–Crippen MR) is 73.6 cm³/mol. The molecule has 0 spiro atoms. The van der Waals surface area contributed by atoms with Crippen LogP contribution in [-0.4, -0.2) is 18.7 Å². The molecular formula is C15H24FNO. The Labute approximate surface area is 110 Å². The van der Waals surface area contributed by atoms with Gasteiger partial charge in [0.15, 0.2) is 0 Å². The van der Waals surface area contributed by atoms with Gasteiger partial charge in [-0.3, -0.25) is 0 Å². The Morgan fingerprint density at radius 1 is 1.33 bits per heavy atom. The van der Waals surface area contributed by atoms with E-state index in [-0.39, 0.29) is 11.4 Å². The van der Waals surface area contributed by atoms with E-state index in [1.807, 2.05) is 6.92 Å². The molecule has 0 aliphatic carbocycles. The number of aryl methyl sites for hydroxylation is 1. The van der Waals surface area contributed by atoms with Crippen LogP contribution in [0.4, 0.5) is 4.39 Å². The van der Waals surface area contributed by atoms with Crippen LogP contribution in [0.25, 0.3) is 0 Å². The van der Waals surface area contributed by atoms with Crippen molar-refractivity contribution >= 4 is 0 Å². The Hall–Kier alpha value is -1.09. The molecule has 2 nitrogen and oxygen atoms in total. The molecule has 3 heteroatoms. The SMILES string of the molecule is CCCNCC(C)(CC)Oc1ccc(F)cc1C. The second-order valence-electron chi connectivity index (χ2n) is 4.99. The highest BCUT2D eigenvalue weighted by atomic mass is 19.1. The van der Waals surface area contributed by atoms with Gasteiger partial charge >= 0.3 is 0 Å². The molecule has 0 fully saturated rings. The molecule has 1 N–H and O–H groups in total. The van der Waals surface area contributed by atoms with E-state index in [1.165, 1.54) is 12.1 Å². The average Bonchev–Trinajstić information content (AvgIpc) is 2.33. The maximum Gasteiger partial charge on any atom is 0.123 e. The molecule has 0 aliphatic heterocycles. The molecule has 1 atom stereocenters. The van der Waals surface area contributed by atoms with Gasteiger partial charge in [-0.15, -0.1) is 0 Å². The number of rotatable bonds is 7. The van der Waals surface area contributed by atoms with E-state index in [1.54, 1.807) is 6.07 Å². The highest BCUT2D eigenvalue weighted by Gasteiger charge is 2.24. The highest BCUT2D eigenvalue weighted by Crippen LogP contribution is 2.25. The topological polar surface area (TPSA) is 21.3 Å². The van der Waals surface area contributed by atoms with Gasteiger partial charge in [-0.25, -0.2) is 4.39 Å². The van der Waals surface area contributed by atoms with Crippen molar-refractivity contribution in [2.24, 2.45) is 0 Å². The van der Waals surface area contributed by atoms with Crippen molar-refractivity contribution in [2.45, 2.75) is 46.1 Å². The summed E-state index contributed by atoms with van der Waals surface area (Å²) in [7, 11) is 0. The van der Waals surface area contributed by atoms with Gasteiger partial charge in [-0.1, -0.05) is 13.8 Å². The van der Waals surface area contributed by atoms with Gasteiger partial charge in [-0.2, -0.15) is 0 Å². The zero-order valence-electron chi connectivity index (χ0n) is 11.8. The lowest BCUT2D eigenvalue weighted by molar-refractivity contribution is 0.0828. The van der Waals surface area contributed by atoms with E-state index in [0.29, 0.717) is 0 Å². The average molecular weight is 253 g/mol. The molecule has 0 aliphatic rings. The van der Waals surface area contributed by atoms with Gasteiger partial charge in [-0.05, 0) is 57.0 Å². The number of benzene rings is 1. The summed E-state index contributed by atoms with van der Waals surface area (Å²) in [5.74, 6) is 0.543. The fourth-order valence-corrected chi connectivity index (χ4v) is 1.76. The number of halogens is 1. The van der Waals surface area contributed by atoms with Crippen LogP contribution in [-0.2, 0) is 0 Å². The number of ether oxygens (including phenoxy) is 1. The summed E-state index contributed by atoms with van der Waals surface area (Å²) in [5, 5.41) is 3.38. The zero-order valence-corrected chi connectivity index (χ0v) is 11.8. The third-order valence-corrected chi connectivity index (χ3v) is 3.17. The Morgan fingerprint density at radius 2 is 2.06 bits per heavy atom. The Morgan fingerprint density at radius 3 is 2.61 bits per heavy atom. The van der Waals surface area contributed by atoms with Crippen molar-refractivity contribution < 1.29 is 9.13 Å². The first-order valence-electron chi connectivity index (χ1n) is 6.66. The molecule has 0 radical (unpaired) electrons. The number of nitrogens with one attached hydrogen (secondary N) is 1. The molecule has 0 bridgehead atoms. The molecule has 1 unspecified atom stereocenters. The first-order chi connectivity index (χ1) is 8.50. The Kier molecular flexibility index (Phi) is 5.60. The zero-order chi connectivity index (χ0) is 13.6. The van der Waals surface area contributed by atoms with Crippen LogP contribution in [0.2, 0.25) is 0 Å². The largest absolute Gasteiger partial charge is 0.486 e. The lowest BCUT2D eigenvalue weighted by Crippen LogP contribution is -2.43. The van der Waals surface area contributed by atoms with E-state index in [2.05, 4.69) is 26.1 Å². The van der Waals surface area contributed by atoms with Crippen LogP contribution in [0.1, 0.15) is 39.2 Å². The molecule has 1 aromatic rings. The molecule has 1 aromatic carbocycles. The fraction of sp³-hybridized carbons (Fsp3) is 0.600. The van der Waals surface area contributed by atoms with Crippen LogP contribution >= 0.6 is 0 Å². The van der Waals surface area contributed by atoms with Crippen molar-refractivity contribution in [1.82, 2.24) is 5.32 Å². The summed E-state index contributed by atoms with van der Waals surface area (Å²) in [6.07, 6.45) is 2.01. The van der Waals surface area contributed by atoms with E-state index in [4.69, 9.17) is 4.74 Å². The van der Waals surface area contributed by atoms with E-state index in [0.717, 1.165) is 37.2 Å². The third kappa shape index (κ3) is 4.30. The normalized spacial score (nSPS) is 14.3. The predicted octanol–water partition coefficient (Wildman–Crippen LogP) is 3.68. The van der Waals surface area contributed by atoms with Gasteiger partial charge in [0.25, 0.3) is 0 Å². The first-order valence-corrected chi connectivity index (χ1v) is 6.66. The summed E-state index contributed by atoms with van der Waals surface area (Å²) in [5.41, 5.74) is 0.586. The lowest BCUT2D eigenvalue weighted by atomic mass is 10.0. The summed E-state index contributed by atoms with van der Waals surface area (Å²) in [6.45, 7) is 9.98. The molecule has 0 heterocycles. The molecule has 0 amide bonds. The minimum Gasteiger partial charge on any atom is -0.486 e.